The predicted molar refractivity (Wildman–Crippen MR) is 158 cm³/mol. The van der Waals surface area contributed by atoms with Crippen LogP contribution in [-0.4, -0.2) is 74.3 Å². The van der Waals surface area contributed by atoms with Crippen molar-refractivity contribution in [2.45, 2.75) is 89.1 Å². The third-order valence-corrected chi connectivity index (χ3v) is 9.07. The summed E-state index contributed by atoms with van der Waals surface area (Å²) in [7, 11) is 0. The Hall–Kier alpha value is -3.18. The summed E-state index contributed by atoms with van der Waals surface area (Å²) in [5, 5.41) is 30.0. The summed E-state index contributed by atoms with van der Waals surface area (Å²) in [6.07, 6.45) is 8.88. The number of furan rings is 1. The number of aliphatic hydroxyl groups is 2. The monoisotopic (exact) mass is 581 g/mol. The largest absolute Gasteiger partial charge is 0.488 e. The summed E-state index contributed by atoms with van der Waals surface area (Å²) in [6.45, 7) is 5.17. The number of carboxylic acid groups (broad SMARTS) is 1. The van der Waals surface area contributed by atoms with Crippen LogP contribution in [0, 0.1) is 5.92 Å². The van der Waals surface area contributed by atoms with Crippen LogP contribution in [0.25, 0.3) is 10.9 Å². The van der Waals surface area contributed by atoms with Crippen LogP contribution in [0.5, 0.6) is 5.75 Å². The molecular weight excluding hydrogens is 538 g/mol. The normalized spacial score (nSPS) is 26.4. The van der Waals surface area contributed by atoms with Crippen molar-refractivity contribution < 1.29 is 34.1 Å². The number of aryl methyl sites for hydroxylation is 1. The minimum atomic E-state index is -1.02. The minimum Gasteiger partial charge on any atom is -0.488 e. The van der Waals surface area contributed by atoms with Crippen LogP contribution in [0.3, 0.4) is 0 Å². The van der Waals surface area contributed by atoms with E-state index in [4.69, 9.17) is 20.0 Å². The maximum atomic E-state index is 12.1. The van der Waals surface area contributed by atoms with Gasteiger partial charge in [0.1, 0.15) is 23.8 Å². The highest BCUT2D eigenvalue weighted by atomic mass is 16.5. The molecule has 0 radical (unpaired) electrons. The number of hydrogen-bond acceptors (Lipinski definition) is 8. The highest BCUT2D eigenvalue weighted by molar-refractivity contribution is 5.99. The molecule has 10 heteroatoms. The van der Waals surface area contributed by atoms with E-state index in [9.17, 15) is 19.8 Å². The first-order chi connectivity index (χ1) is 20.1. The fourth-order valence-corrected chi connectivity index (χ4v) is 6.34. The van der Waals surface area contributed by atoms with Gasteiger partial charge < -0.3 is 40.1 Å². The lowest BCUT2D eigenvalue weighted by Crippen LogP contribution is -2.45. The van der Waals surface area contributed by atoms with E-state index in [1.807, 2.05) is 0 Å². The number of carbonyl (C=O) groups excluding carboxylic acids is 1. The van der Waals surface area contributed by atoms with Gasteiger partial charge in [0.25, 0.3) is 0 Å². The summed E-state index contributed by atoms with van der Waals surface area (Å²) >= 11 is 0. The van der Waals surface area contributed by atoms with Gasteiger partial charge in [-0.05, 0) is 69.1 Å². The van der Waals surface area contributed by atoms with E-state index in [1.165, 1.54) is 0 Å². The number of Topliss-reactive ketones (excluding diaryl/α,β-unsaturated/α-hetero) is 1. The van der Waals surface area contributed by atoms with Gasteiger partial charge >= 0.3 is 5.97 Å². The topological polar surface area (TPSA) is 162 Å². The highest BCUT2D eigenvalue weighted by Crippen LogP contribution is 2.32. The fourth-order valence-electron chi connectivity index (χ4n) is 6.34. The number of ketones is 1. The lowest BCUT2D eigenvalue weighted by molar-refractivity contribution is -0.0252. The number of aromatic amines is 1. The van der Waals surface area contributed by atoms with E-state index in [1.54, 1.807) is 30.5 Å². The van der Waals surface area contributed by atoms with Crippen molar-refractivity contribution >= 4 is 22.7 Å². The van der Waals surface area contributed by atoms with Gasteiger partial charge in [0.2, 0.25) is 0 Å². The molecule has 0 spiro atoms. The number of H-pyrrole nitrogens is 1. The smallest absolute Gasteiger partial charge is 0.352 e. The molecular formula is C32H43N3O7. The number of fused-ring (bicyclic) bond motifs is 2. The molecule has 1 saturated heterocycles. The number of nitrogens with two attached hydrogens (primary N) is 1. The molecule has 2 atom stereocenters. The molecule has 0 amide bonds. The molecule has 0 bridgehead atoms. The van der Waals surface area contributed by atoms with E-state index in [0.29, 0.717) is 34.6 Å². The third kappa shape index (κ3) is 7.06. The van der Waals surface area contributed by atoms with Gasteiger partial charge in [-0.2, -0.15) is 0 Å². The van der Waals surface area contributed by atoms with Crippen molar-refractivity contribution in [1.29, 1.82) is 0 Å². The number of aromatic carboxylic acids is 1. The number of benzene rings is 1. The van der Waals surface area contributed by atoms with Crippen LogP contribution < -0.4 is 10.5 Å². The Kier molecular flexibility index (Phi) is 9.37. The molecule has 2 fully saturated rings. The number of carbonyl (C=O) groups is 2. The Balaban J connectivity index is 0.000000176. The van der Waals surface area contributed by atoms with Gasteiger partial charge in [0.15, 0.2) is 5.78 Å². The molecule has 3 heterocycles. The van der Waals surface area contributed by atoms with E-state index in [0.717, 1.165) is 82.3 Å². The molecule has 1 aromatic carbocycles. The van der Waals surface area contributed by atoms with Crippen molar-refractivity contribution in [3.8, 4) is 5.75 Å². The van der Waals surface area contributed by atoms with Crippen LogP contribution >= 0.6 is 0 Å². The summed E-state index contributed by atoms with van der Waals surface area (Å²) in [4.78, 5) is 28.4. The molecule has 2 aromatic heterocycles. The maximum absolute atomic E-state index is 12.1. The molecule has 0 unspecified atom stereocenters. The Morgan fingerprint density at radius 1 is 1.24 bits per heavy atom. The van der Waals surface area contributed by atoms with E-state index in [2.05, 4.69) is 16.8 Å². The number of ether oxygens (including phenoxy) is 1. The fraction of sp³-hybridized carbons (Fsp3) is 0.562. The van der Waals surface area contributed by atoms with Gasteiger partial charge in [0, 0.05) is 55.0 Å². The standard InChI is InChI=1S/C18H15NO5.C14H28N2O2/c20-14-4-2-6-16-17(14)10(9-24-16)8-23-15-5-1-3-12-11(15)7-13(19-12)18(21)22;1-11-10-16(8-4-13(11)17)9-7-14(18)5-2-12(15)3-6-14/h1,3,5,7,9,19H,2,4,6,8H2,(H,21,22);11-13,17-18H,2-10,15H2,1H3/t;11-,12?,13-,14?/m.0/s1. The molecule has 42 heavy (non-hydrogen) atoms. The third-order valence-electron chi connectivity index (χ3n) is 9.07. The van der Waals surface area contributed by atoms with Crippen molar-refractivity contribution in [3.63, 3.8) is 0 Å². The van der Waals surface area contributed by atoms with Gasteiger partial charge in [0.05, 0.1) is 23.5 Å². The second-order valence-corrected chi connectivity index (χ2v) is 12.3. The number of nitrogens with one attached hydrogen (secondary N) is 1. The Morgan fingerprint density at radius 2 is 2.02 bits per heavy atom. The number of rotatable bonds is 7. The number of aromatic nitrogens is 1. The van der Waals surface area contributed by atoms with E-state index < -0.39 is 11.6 Å². The SMILES string of the molecule is C[C@H]1CN(CCC2(O)CCC(N)CC2)CC[C@@H]1O.O=C(O)c1cc2c(OCc3coc4c3C(=O)CCC4)cccc2[nH]1. The first kappa shape index (κ1) is 30.3. The number of hydrogen-bond donors (Lipinski definition) is 5. The zero-order valence-corrected chi connectivity index (χ0v) is 24.3. The maximum Gasteiger partial charge on any atom is 0.352 e. The van der Waals surface area contributed by atoms with Crippen LogP contribution in [-0.2, 0) is 13.0 Å². The second kappa shape index (κ2) is 13.0. The zero-order valence-electron chi connectivity index (χ0n) is 24.3. The van der Waals surface area contributed by atoms with Gasteiger partial charge in [-0.25, -0.2) is 4.79 Å². The molecule has 6 N–H and O–H groups in total. The number of carboxylic acids is 1. The lowest BCUT2D eigenvalue weighted by Gasteiger charge is -2.39. The molecule has 6 rings (SSSR count). The number of nitrogens with zero attached hydrogens (tertiary/aromatic N) is 1. The van der Waals surface area contributed by atoms with Crippen molar-refractivity contribution in [2.24, 2.45) is 11.7 Å². The second-order valence-electron chi connectivity index (χ2n) is 12.3. The minimum absolute atomic E-state index is 0.0941. The average molecular weight is 582 g/mol. The van der Waals surface area contributed by atoms with E-state index >= 15 is 0 Å². The van der Waals surface area contributed by atoms with Crippen molar-refractivity contribution in [3.05, 3.63) is 53.1 Å². The van der Waals surface area contributed by atoms with E-state index in [-0.39, 0.29) is 30.2 Å². The Morgan fingerprint density at radius 3 is 2.76 bits per heavy atom. The highest BCUT2D eigenvalue weighted by Gasteiger charge is 2.33. The summed E-state index contributed by atoms with van der Waals surface area (Å²) in [5.74, 6) is 0.726. The van der Waals surface area contributed by atoms with Gasteiger partial charge in [-0.15, -0.1) is 0 Å². The summed E-state index contributed by atoms with van der Waals surface area (Å²) < 4.78 is 11.3. The van der Waals surface area contributed by atoms with Crippen LogP contribution in [0.4, 0.5) is 0 Å². The number of aliphatic hydroxyl groups excluding tert-OH is 1. The molecule has 1 saturated carbocycles. The Bertz CT molecular complexity index is 1390. The van der Waals surface area contributed by atoms with Crippen molar-refractivity contribution in [2.75, 3.05) is 19.6 Å². The first-order valence-electron chi connectivity index (χ1n) is 15.1. The van der Waals surface area contributed by atoms with Crippen LogP contribution in [0.15, 0.2) is 34.9 Å². The molecule has 3 aromatic rings. The Labute approximate surface area is 245 Å². The summed E-state index contributed by atoms with van der Waals surface area (Å²) in [6, 6.07) is 7.18. The molecule has 2 aliphatic carbocycles. The van der Waals surface area contributed by atoms with Crippen LogP contribution in [0.1, 0.15) is 90.5 Å². The lowest BCUT2D eigenvalue weighted by atomic mass is 9.80. The van der Waals surface area contributed by atoms with Crippen LogP contribution in [0.2, 0.25) is 0 Å². The van der Waals surface area contributed by atoms with Gasteiger partial charge in [-0.1, -0.05) is 13.0 Å². The first-order valence-corrected chi connectivity index (χ1v) is 15.1. The van der Waals surface area contributed by atoms with Crippen molar-refractivity contribution in [1.82, 2.24) is 9.88 Å². The number of likely N-dealkylation sites (tertiary alicyclic amines) is 1. The predicted octanol–water partition coefficient (Wildman–Crippen LogP) is 4.27. The molecule has 3 aliphatic rings. The molecule has 228 valence electrons. The average Bonchev–Trinajstić information content (AvgIpc) is 3.61. The summed E-state index contributed by atoms with van der Waals surface area (Å²) in [5.41, 5.74) is 7.57. The quantitative estimate of drug-likeness (QED) is 0.274. The molecule has 10 nitrogen and oxygen atoms in total. The molecule has 1 aliphatic heterocycles. The van der Waals surface area contributed by atoms with Gasteiger partial charge in [-0.3, -0.25) is 4.79 Å². The number of piperidine rings is 1. The zero-order chi connectivity index (χ0) is 29.9.